The maximum Gasteiger partial charge on any atom is 0.305 e. The van der Waals surface area contributed by atoms with E-state index in [0.717, 1.165) is 4.90 Å². The SMILES string of the molecule is CC(CC(=O)O)NC(=O)C(C)Sc1ccc([N+](=O)[O-])cc1. The van der Waals surface area contributed by atoms with Crippen LogP contribution in [0.15, 0.2) is 29.2 Å². The van der Waals surface area contributed by atoms with Crippen molar-refractivity contribution in [2.75, 3.05) is 0 Å². The molecule has 8 heteroatoms. The second-order valence-corrected chi connectivity index (χ2v) is 5.93. The van der Waals surface area contributed by atoms with E-state index in [4.69, 9.17) is 5.11 Å². The van der Waals surface area contributed by atoms with E-state index in [-0.39, 0.29) is 18.0 Å². The first-order valence-electron chi connectivity index (χ1n) is 6.23. The molecular weight excluding hydrogens is 296 g/mol. The van der Waals surface area contributed by atoms with E-state index in [0.29, 0.717) is 0 Å². The van der Waals surface area contributed by atoms with Gasteiger partial charge >= 0.3 is 5.97 Å². The highest BCUT2D eigenvalue weighted by Gasteiger charge is 2.18. The topological polar surface area (TPSA) is 110 Å². The van der Waals surface area contributed by atoms with E-state index >= 15 is 0 Å². The van der Waals surface area contributed by atoms with Gasteiger partial charge in [0.1, 0.15) is 0 Å². The molecule has 0 saturated carbocycles. The van der Waals surface area contributed by atoms with Gasteiger partial charge in [-0.15, -0.1) is 11.8 Å². The van der Waals surface area contributed by atoms with Gasteiger partial charge in [0.2, 0.25) is 5.91 Å². The zero-order valence-corrected chi connectivity index (χ0v) is 12.4. The Morgan fingerprint density at radius 1 is 1.33 bits per heavy atom. The van der Waals surface area contributed by atoms with Gasteiger partial charge in [-0.3, -0.25) is 19.7 Å². The van der Waals surface area contributed by atoms with Crippen LogP contribution in [0.5, 0.6) is 0 Å². The first-order valence-corrected chi connectivity index (χ1v) is 7.11. The van der Waals surface area contributed by atoms with Crippen molar-refractivity contribution >= 4 is 29.3 Å². The number of nitro benzene ring substituents is 1. The highest BCUT2D eigenvalue weighted by Crippen LogP contribution is 2.25. The van der Waals surface area contributed by atoms with Crippen LogP contribution in [0.4, 0.5) is 5.69 Å². The summed E-state index contributed by atoms with van der Waals surface area (Å²) in [4.78, 5) is 33.2. The molecule has 1 aromatic rings. The van der Waals surface area contributed by atoms with E-state index in [1.807, 2.05) is 0 Å². The molecule has 0 aliphatic heterocycles. The summed E-state index contributed by atoms with van der Waals surface area (Å²) < 4.78 is 0. The number of hydrogen-bond acceptors (Lipinski definition) is 5. The lowest BCUT2D eigenvalue weighted by Gasteiger charge is -2.16. The summed E-state index contributed by atoms with van der Waals surface area (Å²) in [6.45, 7) is 3.31. The van der Waals surface area contributed by atoms with Crippen molar-refractivity contribution in [3.8, 4) is 0 Å². The van der Waals surface area contributed by atoms with Crippen LogP contribution in [0.2, 0.25) is 0 Å². The van der Waals surface area contributed by atoms with E-state index in [9.17, 15) is 19.7 Å². The van der Waals surface area contributed by atoms with E-state index in [1.165, 1.54) is 23.9 Å². The maximum atomic E-state index is 11.9. The van der Waals surface area contributed by atoms with Crippen molar-refractivity contribution in [1.82, 2.24) is 5.32 Å². The fourth-order valence-electron chi connectivity index (χ4n) is 1.58. The van der Waals surface area contributed by atoms with Crippen molar-refractivity contribution in [3.05, 3.63) is 34.4 Å². The number of benzene rings is 1. The van der Waals surface area contributed by atoms with Crippen LogP contribution in [0.3, 0.4) is 0 Å². The summed E-state index contributed by atoms with van der Waals surface area (Å²) in [5.41, 5.74) is -0.00784. The molecule has 0 radical (unpaired) electrons. The Balaban J connectivity index is 2.55. The van der Waals surface area contributed by atoms with Crippen LogP contribution < -0.4 is 5.32 Å². The predicted octanol–water partition coefficient (Wildman–Crippen LogP) is 2.05. The lowest BCUT2D eigenvalue weighted by Crippen LogP contribution is -2.38. The summed E-state index contributed by atoms with van der Waals surface area (Å²) in [5, 5.41) is 21.4. The lowest BCUT2D eigenvalue weighted by atomic mass is 10.2. The number of amides is 1. The predicted molar refractivity (Wildman–Crippen MR) is 78.3 cm³/mol. The molecule has 2 atom stereocenters. The van der Waals surface area contributed by atoms with Crippen molar-refractivity contribution in [2.24, 2.45) is 0 Å². The molecule has 0 spiro atoms. The zero-order chi connectivity index (χ0) is 16.0. The normalized spacial score (nSPS) is 13.2. The van der Waals surface area contributed by atoms with E-state index < -0.39 is 22.2 Å². The Morgan fingerprint density at radius 2 is 1.90 bits per heavy atom. The standard InChI is InChI=1S/C13H16N2O5S/c1-8(7-12(16)17)14-13(18)9(2)21-11-5-3-10(4-6-11)15(19)20/h3-6,8-9H,7H2,1-2H3,(H,14,18)(H,16,17). The summed E-state index contributed by atoms with van der Waals surface area (Å²) in [5.74, 6) is -1.24. The molecule has 7 nitrogen and oxygen atoms in total. The number of nitrogens with zero attached hydrogens (tertiary/aromatic N) is 1. The first kappa shape index (κ1) is 17.0. The summed E-state index contributed by atoms with van der Waals surface area (Å²) >= 11 is 1.25. The highest BCUT2D eigenvalue weighted by molar-refractivity contribution is 8.00. The Kier molecular flexibility index (Phi) is 6.16. The molecule has 0 fully saturated rings. The smallest absolute Gasteiger partial charge is 0.305 e. The third-order valence-electron chi connectivity index (χ3n) is 2.60. The van der Waals surface area contributed by atoms with Gasteiger partial charge < -0.3 is 10.4 Å². The number of aliphatic carboxylic acids is 1. The fraction of sp³-hybridized carbons (Fsp3) is 0.385. The van der Waals surface area contributed by atoms with Crippen LogP contribution in [0.25, 0.3) is 0 Å². The molecule has 2 unspecified atom stereocenters. The van der Waals surface area contributed by atoms with Crippen molar-refractivity contribution < 1.29 is 19.6 Å². The Hall–Kier alpha value is -2.09. The average Bonchev–Trinajstić information content (AvgIpc) is 2.38. The number of nitrogens with one attached hydrogen (secondary N) is 1. The third kappa shape index (κ3) is 5.82. The maximum absolute atomic E-state index is 11.9. The molecule has 1 amide bonds. The molecule has 1 rings (SSSR count). The third-order valence-corrected chi connectivity index (χ3v) is 3.71. The van der Waals surface area contributed by atoms with Gasteiger partial charge in [0.05, 0.1) is 16.6 Å². The lowest BCUT2D eigenvalue weighted by molar-refractivity contribution is -0.384. The number of carbonyl (C=O) groups excluding carboxylic acids is 1. The van der Waals surface area contributed by atoms with Gasteiger partial charge in [-0.25, -0.2) is 0 Å². The number of non-ortho nitro benzene ring substituents is 1. The van der Waals surface area contributed by atoms with Crippen molar-refractivity contribution in [2.45, 2.75) is 36.5 Å². The molecule has 1 aromatic carbocycles. The second kappa shape index (κ2) is 7.63. The summed E-state index contributed by atoms with van der Waals surface area (Å²) in [6, 6.07) is 5.45. The van der Waals surface area contributed by atoms with Gasteiger partial charge in [0, 0.05) is 23.1 Å². The van der Waals surface area contributed by atoms with Crippen LogP contribution in [-0.2, 0) is 9.59 Å². The van der Waals surface area contributed by atoms with Gasteiger partial charge in [0.15, 0.2) is 0 Å². The minimum absolute atomic E-state index is 0.00784. The molecule has 0 bridgehead atoms. The molecule has 2 N–H and O–H groups in total. The monoisotopic (exact) mass is 312 g/mol. The molecule has 21 heavy (non-hydrogen) atoms. The fourth-order valence-corrected chi connectivity index (χ4v) is 2.45. The van der Waals surface area contributed by atoms with Gasteiger partial charge in [-0.2, -0.15) is 0 Å². The quantitative estimate of drug-likeness (QED) is 0.453. The molecule has 114 valence electrons. The largest absolute Gasteiger partial charge is 0.481 e. The number of nitro groups is 1. The zero-order valence-electron chi connectivity index (χ0n) is 11.6. The molecule has 0 saturated heterocycles. The number of thioether (sulfide) groups is 1. The molecular formula is C13H16N2O5S. The minimum atomic E-state index is -0.974. The Labute approximate surface area is 125 Å². The number of carboxylic acid groups (broad SMARTS) is 1. The van der Waals surface area contributed by atoms with Crippen LogP contribution in [-0.4, -0.2) is 33.2 Å². The Morgan fingerprint density at radius 3 is 2.38 bits per heavy atom. The number of hydrogen-bond donors (Lipinski definition) is 2. The summed E-state index contributed by atoms with van der Waals surface area (Å²) in [7, 11) is 0. The van der Waals surface area contributed by atoms with Crippen LogP contribution in [0.1, 0.15) is 20.3 Å². The Bertz CT molecular complexity index is 532. The second-order valence-electron chi connectivity index (χ2n) is 4.52. The van der Waals surface area contributed by atoms with E-state index in [1.54, 1.807) is 26.0 Å². The van der Waals surface area contributed by atoms with Gasteiger partial charge in [0.25, 0.3) is 5.69 Å². The number of rotatable bonds is 7. The molecule has 0 aromatic heterocycles. The molecule has 0 heterocycles. The average molecular weight is 312 g/mol. The highest BCUT2D eigenvalue weighted by atomic mass is 32.2. The molecule has 0 aliphatic rings. The van der Waals surface area contributed by atoms with Crippen molar-refractivity contribution in [1.29, 1.82) is 0 Å². The van der Waals surface area contributed by atoms with Gasteiger partial charge in [-0.05, 0) is 26.0 Å². The summed E-state index contributed by atoms with van der Waals surface area (Å²) in [6.07, 6.45) is -0.138. The minimum Gasteiger partial charge on any atom is -0.481 e. The van der Waals surface area contributed by atoms with E-state index in [2.05, 4.69) is 5.32 Å². The molecule has 0 aliphatic carbocycles. The van der Waals surface area contributed by atoms with Crippen LogP contribution in [0, 0.1) is 10.1 Å². The first-order chi connectivity index (χ1) is 9.79. The number of carboxylic acids is 1. The van der Waals surface area contributed by atoms with Gasteiger partial charge in [-0.1, -0.05) is 0 Å². The van der Waals surface area contributed by atoms with Crippen LogP contribution >= 0.6 is 11.8 Å². The number of carbonyl (C=O) groups is 2. The van der Waals surface area contributed by atoms with Crippen molar-refractivity contribution in [3.63, 3.8) is 0 Å².